The van der Waals surface area contributed by atoms with Gasteiger partial charge in [-0.15, -0.1) is 0 Å². The van der Waals surface area contributed by atoms with E-state index in [4.69, 9.17) is 17.2 Å². The van der Waals surface area contributed by atoms with E-state index in [1.54, 1.807) is 0 Å². The number of hydrogen-bond acceptors (Lipinski definition) is 6. The fourth-order valence-electron chi connectivity index (χ4n) is 3.51. The molecule has 4 atom stereocenters. The van der Waals surface area contributed by atoms with E-state index in [0.29, 0.717) is 45.2 Å². The number of nitrogens with one attached hydrogen (secondary N) is 2. The van der Waals surface area contributed by atoms with E-state index < -0.39 is 47.9 Å². The van der Waals surface area contributed by atoms with Gasteiger partial charge in [-0.25, -0.2) is 4.79 Å². The minimum absolute atomic E-state index is 0.0394. The summed E-state index contributed by atoms with van der Waals surface area (Å²) in [6.07, 6.45) is 2.16. The molecule has 0 aromatic heterocycles. The lowest BCUT2D eigenvalue weighted by Gasteiger charge is -2.29. The van der Waals surface area contributed by atoms with Crippen molar-refractivity contribution in [2.24, 2.45) is 28.1 Å². The van der Waals surface area contributed by atoms with Crippen molar-refractivity contribution < 1.29 is 24.3 Å². The van der Waals surface area contributed by atoms with E-state index in [1.165, 1.54) is 11.8 Å². The predicted octanol–water partition coefficient (Wildman–Crippen LogP) is -1.52. The van der Waals surface area contributed by atoms with Gasteiger partial charge in [-0.1, -0.05) is 13.8 Å². The van der Waals surface area contributed by atoms with Gasteiger partial charge in [0.15, 0.2) is 5.96 Å². The van der Waals surface area contributed by atoms with Gasteiger partial charge in [0.2, 0.25) is 17.7 Å². The van der Waals surface area contributed by atoms with Gasteiger partial charge in [0.25, 0.3) is 0 Å². The molecular formula is C20H37N7O5. The fourth-order valence-corrected chi connectivity index (χ4v) is 3.51. The monoisotopic (exact) mass is 455 g/mol. The Morgan fingerprint density at radius 3 is 2.34 bits per heavy atom. The summed E-state index contributed by atoms with van der Waals surface area (Å²) in [5.41, 5.74) is 16.3. The second-order valence-electron chi connectivity index (χ2n) is 8.50. The van der Waals surface area contributed by atoms with Gasteiger partial charge in [-0.05, 0) is 44.9 Å². The maximum Gasteiger partial charge on any atom is 0.326 e. The largest absolute Gasteiger partial charge is 0.480 e. The molecule has 1 fully saturated rings. The van der Waals surface area contributed by atoms with Gasteiger partial charge >= 0.3 is 5.97 Å². The maximum atomic E-state index is 13.0. The second-order valence-corrected chi connectivity index (χ2v) is 8.50. The molecule has 1 heterocycles. The molecule has 0 saturated carbocycles. The molecule has 12 heteroatoms. The number of aliphatic carboxylic acids is 1. The Bertz CT molecular complexity index is 708. The molecule has 1 rings (SSSR count). The Labute approximate surface area is 188 Å². The third-order valence-corrected chi connectivity index (χ3v) is 5.20. The second kappa shape index (κ2) is 12.8. The lowest BCUT2D eigenvalue weighted by atomic mass is 10.0. The SMILES string of the molecule is CC(C)CC(NC(=O)C(C)NC(=O)C(N)CCCN=C(N)N)C(=O)N1CCCC1C(=O)O. The highest BCUT2D eigenvalue weighted by molar-refractivity contribution is 5.94. The van der Waals surface area contributed by atoms with Crippen molar-refractivity contribution >= 4 is 29.7 Å². The quantitative estimate of drug-likeness (QED) is 0.115. The number of aliphatic imine (C=N–C) groups is 1. The lowest BCUT2D eigenvalue weighted by molar-refractivity contribution is -0.149. The molecule has 32 heavy (non-hydrogen) atoms. The van der Waals surface area contributed by atoms with Gasteiger partial charge in [-0.3, -0.25) is 19.4 Å². The van der Waals surface area contributed by atoms with Crippen LogP contribution in [-0.2, 0) is 19.2 Å². The number of nitrogens with zero attached hydrogens (tertiary/aromatic N) is 2. The van der Waals surface area contributed by atoms with E-state index in [-0.39, 0.29) is 11.9 Å². The van der Waals surface area contributed by atoms with Crippen LogP contribution in [0.4, 0.5) is 0 Å². The highest BCUT2D eigenvalue weighted by Gasteiger charge is 2.38. The Kier molecular flexibility index (Phi) is 10.9. The van der Waals surface area contributed by atoms with Crippen LogP contribution in [0.15, 0.2) is 4.99 Å². The summed E-state index contributed by atoms with van der Waals surface area (Å²) >= 11 is 0. The third kappa shape index (κ3) is 8.69. The number of carbonyl (C=O) groups excluding carboxylic acids is 3. The highest BCUT2D eigenvalue weighted by atomic mass is 16.4. The van der Waals surface area contributed by atoms with E-state index in [0.717, 1.165) is 0 Å². The van der Waals surface area contributed by atoms with Crippen molar-refractivity contribution in [3.05, 3.63) is 0 Å². The van der Waals surface area contributed by atoms with Crippen molar-refractivity contribution in [3.63, 3.8) is 0 Å². The molecule has 0 aliphatic carbocycles. The number of carbonyl (C=O) groups is 4. The van der Waals surface area contributed by atoms with E-state index in [1.807, 2.05) is 13.8 Å². The van der Waals surface area contributed by atoms with E-state index >= 15 is 0 Å². The van der Waals surface area contributed by atoms with Crippen molar-refractivity contribution in [3.8, 4) is 0 Å². The molecule has 12 nitrogen and oxygen atoms in total. The highest BCUT2D eigenvalue weighted by Crippen LogP contribution is 2.20. The van der Waals surface area contributed by atoms with Crippen LogP contribution in [0.2, 0.25) is 0 Å². The van der Waals surface area contributed by atoms with E-state index in [2.05, 4.69) is 15.6 Å². The average Bonchev–Trinajstić information content (AvgIpc) is 3.19. The Balaban J connectivity index is 2.69. The number of rotatable bonds is 12. The van der Waals surface area contributed by atoms with Crippen LogP contribution in [0.3, 0.4) is 0 Å². The van der Waals surface area contributed by atoms with Crippen molar-refractivity contribution in [2.75, 3.05) is 13.1 Å². The van der Waals surface area contributed by atoms with Crippen LogP contribution in [0.5, 0.6) is 0 Å². The molecule has 0 aromatic rings. The summed E-state index contributed by atoms with van der Waals surface area (Å²) in [4.78, 5) is 54.5. The molecule has 3 amide bonds. The first-order valence-corrected chi connectivity index (χ1v) is 10.9. The molecule has 1 aliphatic rings. The van der Waals surface area contributed by atoms with Crippen LogP contribution < -0.4 is 27.8 Å². The molecule has 182 valence electrons. The molecule has 0 spiro atoms. The minimum atomic E-state index is -1.06. The van der Waals surface area contributed by atoms with Crippen LogP contribution in [0.25, 0.3) is 0 Å². The average molecular weight is 456 g/mol. The summed E-state index contributed by atoms with van der Waals surface area (Å²) < 4.78 is 0. The Morgan fingerprint density at radius 2 is 1.78 bits per heavy atom. The summed E-state index contributed by atoms with van der Waals surface area (Å²) in [6, 6.07) is -3.53. The summed E-state index contributed by atoms with van der Waals surface area (Å²) in [5, 5.41) is 14.6. The van der Waals surface area contributed by atoms with Crippen LogP contribution in [0.1, 0.15) is 52.9 Å². The number of likely N-dealkylation sites (tertiary alicyclic amines) is 1. The standard InChI is InChI=1S/C20H37N7O5/c1-11(2)10-14(18(30)27-9-5-7-15(27)19(31)32)26-16(28)12(3)25-17(29)13(21)6-4-8-24-20(22)23/h11-15H,4-10,21H2,1-3H3,(H,25,29)(H,26,28)(H,31,32)(H4,22,23,24). The molecule has 0 radical (unpaired) electrons. The molecule has 0 aromatic carbocycles. The zero-order valence-corrected chi connectivity index (χ0v) is 19.0. The molecule has 0 bridgehead atoms. The van der Waals surface area contributed by atoms with Gasteiger partial charge in [0.05, 0.1) is 6.04 Å². The van der Waals surface area contributed by atoms with Crippen LogP contribution in [0, 0.1) is 5.92 Å². The van der Waals surface area contributed by atoms with Gasteiger partial charge in [0.1, 0.15) is 18.1 Å². The summed E-state index contributed by atoms with van der Waals surface area (Å²) in [5.74, 6) is -2.49. The first-order chi connectivity index (χ1) is 14.9. The van der Waals surface area contributed by atoms with Crippen molar-refractivity contribution in [2.45, 2.75) is 77.0 Å². The number of carboxylic acids is 1. The Morgan fingerprint density at radius 1 is 1.12 bits per heavy atom. The van der Waals surface area contributed by atoms with Gasteiger partial charge < -0.3 is 37.8 Å². The number of amides is 3. The van der Waals surface area contributed by atoms with E-state index in [9.17, 15) is 24.3 Å². The molecule has 1 saturated heterocycles. The van der Waals surface area contributed by atoms with Crippen LogP contribution >= 0.6 is 0 Å². The van der Waals surface area contributed by atoms with Gasteiger partial charge in [0, 0.05) is 13.1 Å². The normalized spacial score (nSPS) is 18.5. The molecule has 1 aliphatic heterocycles. The van der Waals surface area contributed by atoms with Crippen LogP contribution in [-0.4, -0.2) is 76.9 Å². The number of carboxylic acid groups (broad SMARTS) is 1. The smallest absolute Gasteiger partial charge is 0.326 e. The minimum Gasteiger partial charge on any atom is -0.480 e. The predicted molar refractivity (Wildman–Crippen MR) is 119 cm³/mol. The zero-order chi connectivity index (χ0) is 24.4. The third-order valence-electron chi connectivity index (χ3n) is 5.20. The number of nitrogens with two attached hydrogens (primary N) is 3. The maximum absolute atomic E-state index is 13.0. The number of hydrogen-bond donors (Lipinski definition) is 6. The first kappa shape index (κ1) is 27.1. The Hall–Kier alpha value is -2.89. The van der Waals surface area contributed by atoms with Gasteiger partial charge in [-0.2, -0.15) is 0 Å². The molecular weight excluding hydrogens is 418 g/mol. The fraction of sp³-hybridized carbons (Fsp3) is 0.750. The summed E-state index contributed by atoms with van der Waals surface area (Å²) in [7, 11) is 0. The summed E-state index contributed by atoms with van der Waals surface area (Å²) in [6.45, 7) is 5.97. The zero-order valence-electron chi connectivity index (χ0n) is 19.0. The van der Waals surface area contributed by atoms with Crippen molar-refractivity contribution in [1.29, 1.82) is 0 Å². The van der Waals surface area contributed by atoms with Crippen molar-refractivity contribution in [1.82, 2.24) is 15.5 Å². The first-order valence-electron chi connectivity index (χ1n) is 10.9. The molecule has 4 unspecified atom stereocenters. The topological polar surface area (TPSA) is 206 Å². The lowest BCUT2D eigenvalue weighted by Crippen LogP contribution is -2.56. The number of guanidine groups is 1. The molecule has 9 N–H and O–H groups in total.